The molecule has 1 aromatic carbocycles. The van der Waals surface area contributed by atoms with Crippen molar-refractivity contribution in [2.45, 2.75) is 13.8 Å². The molecule has 1 N–H and O–H groups in total. The Kier molecular flexibility index (Phi) is 3.73. The summed E-state index contributed by atoms with van der Waals surface area (Å²) in [4.78, 5) is 17.0. The Morgan fingerprint density at radius 3 is 2.72 bits per heavy atom. The van der Waals surface area contributed by atoms with Crippen LogP contribution in [-0.4, -0.2) is 18.7 Å². The monoisotopic (exact) mass is 276 g/mol. The molecule has 1 amide bonds. The van der Waals surface area contributed by atoms with Gasteiger partial charge in [0.05, 0.1) is 16.4 Å². The number of nitrogens with one attached hydrogen (secondary N) is 1. The minimum Gasteiger partial charge on any atom is -0.320 e. The standard InChI is InChI=1S/C12H10BClN2OS/c1-6-4-3-5-8(14)9(6)16-11(17)10-7(2)15-12(13)18-10/h3-5H,1-2H3,(H,16,17). The summed E-state index contributed by atoms with van der Waals surface area (Å²) in [6.07, 6.45) is 0. The third-order valence-corrected chi connectivity index (χ3v) is 3.78. The number of hydrogen-bond donors (Lipinski definition) is 1. The van der Waals surface area contributed by atoms with E-state index in [9.17, 15) is 4.79 Å². The number of para-hydroxylation sites is 1. The number of rotatable bonds is 2. The number of aryl methyl sites for hydroxylation is 2. The minimum absolute atomic E-state index is 0.238. The third kappa shape index (κ3) is 2.57. The summed E-state index contributed by atoms with van der Waals surface area (Å²) in [6.45, 7) is 3.64. The lowest BCUT2D eigenvalue weighted by Crippen LogP contribution is -2.12. The van der Waals surface area contributed by atoms with E-state index in [1.165, 1.54) is 0 Å². The van der Waals surface area contributed by atoms with Gasteiger partial charge in [0, 0.05) is 4.91 Å². The molecule has 0 saturated heterocycles. The topological polar surface area (TPSA) is 42.0 Å². The third-order valence-electron chi connectivity index (χ3n) is 2.48. The number of anilines is 1. The molecule has 0 atom stereocenters. The minimum atomic E-state index is -0.238. The Labute approximate surface area is 116 Å². The highest BCUT2D eigenvalue weighted by molar-refractivity contribution is 7.21. The van der Waals surface area contributed by atoms with Gasteiger partial charge in [-0.3, -0.25) is 9.78 Å². The molecule has 1 heterocycles. The van der Waals surface area contributed by atoms with E-state index in [2.05, 4.69) is 10.3 Å². The highest BCUT2D eigenvalue weighted by Gasteiger charge is 2.15. The van der Waals surface area contributed by atoms with Crippen LogP contribution >= 0.6 is 22.9 Å². The molecule has 0 spiro atoms. The van der Waals surface area contributed by atoms with E-state index in [-0.39, 0.29) is 5.91 Å². The second-order valence-corrected chi connectivity index (χ2v) is 5.29. The molecular weight excluding hydrogens is 266 g/mol. The van der Waals surface area contributed by atoms with Crippen molar-refractivity contribution in [1.82, 2.24) is 4.98 Å². The molecule has 0 unspecified atom stereocenters. The molecule has 0 fully saturated rings. The first-order valence-corrected chi connectivity index (χ1v) is 6.48. The molecule has 2 radical (unpaired) electrons. The van der Waals surface area contributed by atoms with E-state index < -0.39 is 0 Å². The van der Waals surface area contributed by atoms with Crippen molar-refractivity contribution in [2.75, 3.05) is 5.32 Å². The van der Waals surface area contributed by atoms with Gasteiger partial charge in [-0.05, 0) is 25.5 Å². The maximum atomic E-state index is 12.1. The number of nitrogens with zero attached hydrogens (tertiary/aromatic N) is 1. The van der Waals surface area contributed by atoms with E-state index in [4.69, 9.17) is 19.4 Å². The zero-order valence-corrected chi connectivity index (χ0v) is 11.5. The van der Waals surface area contributed by atoms with Gasteiger partial charge in [0.1, 0.15) is 4.88 Å². The van der Waals surface area contributed by atoms with Crippen LogP contribution in [0.25, 0.3) is 0 Å². The molecule has 0 bridgehead atoms. The van der Waals surface area contributed by atoms with Gasteiger partial charge < -0.3 is 5.32 Å². The molecule has 3 nitrogen and oxygen atoms in total. The molecule has 2 aromatic rings. The van der Waals surface area contributed by atoms with Gasteiger partial charge in [-0.25, -0.2) is 0 Å². The molecule has 1 aromatic heterocycles. The summed E-state index contributed by atoms with van der Waals surface area (Å²) in [6, 6.07) is 5.46. The van der Waals surface area contributed by atoms with Gasteiger partial charge in [-0.15, -0.1) is 11.3 Å². The van der Waals surface area contributed by atoms with E-state index >= 15 is 0 Å². The van der Waals surface area contributed by atoms with Crippen molar-refractivity contribution in [3.05, 3.63) is 39.4 Å². The summed E-state index contributed by atoms with van der Waals surface area (Å²) in [5.74, 6) is -0.238. The predicted octanol–water partition coefficient (Wildman–Crippen LogP) is 2.46. The molecule has 0 aliphatic heterocycles. The SMILES string of the molecule is [B]c1nc(C)c(C(=O)Nc2c(C)cccc2Cl)s1. The first kappa shape index (κ1) is 13.1. The highest BCUT2D eigenvalue weighted by Crippen LogP contribution is 2.26. The van der Waals surface area contributed by atoms with Gasteiger partial charge in [-0.2, -0.15) is 0 Å². The smallest absolute Gasteiger partial charge is 0.267 e. The van der Waals surface area contributed by atoms with Crippen molar-refractivity contribution in [2.24, 2.45) is 0 Å². The summed E-state index contributed by atoms with van der Waals surface area (Å²) in [5.41, 5.74) is 2.15. The molecule has 2 rings (SSSR count). The average molecular weight is 277 g/mol. The number of thiazole rings is 1. The van der Waals surface area contributed by atoms with Crippen molar-refractivity contribution >= 4 is 47.3 Å². The fourth-order valence-corrected chi connectivity index (χ4v) is 2.59. The molecule has 90 valence electrons. The van der Waals surface area contributed by atoms with Gasteiger partial charge >= 0.3 is 0 Å². The van der Waals surface area contributed by atoms with Crippen LogP contribution in [0.1, 0.15) is 20.9 Å². The second-order valence-electron chi connectivity index (χ2n) is 3.85. The van der Waals surface area contributed by atoms with Crippen molar-refractivity contribution in [3.63, 3.8) is 0 Å². The lowest BCUT2D eigenvalue weighted by atomic mass is 10.2. The lowest BCUT2D eigenvalue weighted by Gasteiger charge is -2.09. The fourth-order valence-electron chi connectivity index (χ4n) is 1.59. The number of carbonyl (C=O) groups is 1. The Morgan fingerprint density at radius 2 is 2.17 bits per heavy atom. The Balaban J connectivity index is 2.30. The second kappa shape index (κ2) is 5.12. The zero-order valence-electron chi connectivity index (χ0n) is 9.95. The van der Waals surface area contributed by atoms with E-state index in [0.29, 0.717) is 26.2 Å². The van der Waals surface area contributed by atoms with E-state index in [1.807, 2.05) is 19.1 Å². The van der Waals surface area contributed by atoms with Crippen LogP contribution in [-0.2, 0) is 0 Å². The van der Waals surface area contributed by atoms with Gasteiger partial charge in [0.15, 0.2) is 7.85 Å². The molecular formula is C12H10BClN2OS. The van der Waals surface area contributed by atoms with Crippen LogP contribution in [0.15, 0.2) is 18.2 Å². The number of aromatic nitrogens is 1. The predicted molar refractivity (Wildman–Crippen MR) is 76.4 cm³/mol. The van der Waals surface area contributed by atoms with Crippen LogP contribution < -0.4 is 10.2 Å². The van der Waals surface area contributed by atoms with Gasteiger partial charge in [0.2, 0.25) is 0 Å². The summed E-state index contributed by atoms with van der Waals surface area (Å²) < 4.78 is 0. The lowest BCUT2D eigenvalue weighted by molar-refractivity contribution is 0.102. The quantitative estimate of drug-likeness (QED) is 0.856. The zero-order chi connectivity index (χ0) is 13.3. The molecule has 0 aliphatic carbocycles. The number of amides is 1. The number of carbonyl (C=O) groups excluding carboxylic acids is 1. The normalized spacial score (nSPS) is 10.4. The van der Waals surface area contributed by atoms with Crippen molar-refractivity contribution in [1.29, 1.82) is 0 Å². The highest BCUT2D eigenvalue weighted by atomic mass is 35.5. The maximum Gasteiger partial charge on any atom is 0.267 e. The average Bonchev–Trinajstić information content (AvgIpc) is 2.63. The largest absolute Gasteiger partial charge is 0.320 e. The maximum absolute atomic E-state index is 12.1. The Morgan fingerprint density at radius 1 is 1.44 bits per heavy atom. The van der Waals surface area contributed by atoms with Crippen molar-refractivity contribution < 1.29 is 4.79 Å². The molecule has 18 heavy (non-hydrogen) atoms. The van der Waals surface area contributed by atoms with Crippen LogP contribution in [0, 0.1) is 13.8 Å². The van der Waals surface area contributed by atoms with Crippen LogP contribution in [0.2, 0.25) is 5.02 Å². The molecule has 0 aliphatic rings. The molecule has 6 heteroatoms. The van der Waals surface area contributed by atoms with E-state index in [0.717, 1.165) is 16.9 Å². The first-order chi connectivity index (χ1) is 8.49. The summed E-state index contributed by atoms with van der Waals surface area (Å²) >= 11 is 7.22. The Bertz CT molecular complexity index is 592. The fraction of sp³-hybridized carbons (Fsp3) is 0.167. The van der Waals surface area contributed by atoms with Crippen LogP contribution in [0.4, 0.5) is 5.69 Å². The summed E-state index contributed by atoms with van der Waals surface area (Å²) in [5, 5.41) is 3.31. The summed E-state index contributed by atoms with van der Waals surface area (Å²) in [7, 11) is 5.57. The number of benzene rings is 1. The van der Waals surface area contributed by atoms with Gasteiger partial charge in [0.25, 0.3) is 5.91 Å². The van der Waals surface area contributed by atoms with Crippen LogP contribution in [0.3, 0.4) is 0 Å². The van der Waals surface area contributed by atoms with Gasteiger partial charge in [-0.1, -0.05) is 23.7 Å². The Hall–Kier alpha value is -1.33. The molecule has 0 saturated carbocycles. The van der Waals surface area contributed by atoms with Crippen LogP contribution in [0.5, 0.6) is 0 Å². The first-order valence-electron chi connectivity index (χ1n) is 5.28. The number of halogens is 1. The van der Waals surface area contributed by atoms with E-state index in [1.54, 1.807) is 13.0 Å². The van der Waals surface area contributed by atoms with Crippen molar-refractivity contribution in [3.8, 4) is 0 Å². The number of hydrogen-bond acceptors (Lipinski definition) is 3.